The lowest BCUT2D eigenvalue weighted by Gasteiger charge is -2.58. The van der Waals surface area contributed by atoms with E-state index >= 15 is 0 Å². The lowest BCUT2D eigenvalue weighted by molar-refractivity contribution is -0.151. The molecular formula is C49H86O2. The Kier molecular flexibility index (Phi) is 18.7. The van der Waals surface area contributed by atoms with Gasteiger partial charge in [0.1, 0.15) is 6.10 Å². The molecule has 0 amide bonds. The summed E-state index contributed by atoms with van der Waals surface area (Å²) >= 11 is 0. The van der Waals surface area contributed by atoms with E-state index in [2.05, 4.69) is 59.8 Å². The van der Waals surface area contributed by atoms with Crippen molar-refractivity contribution < 1.29 is 9.53 Å². The van der Waals surface area contributed by atoms with Crippen LogP contribution in [0, 0.1) is 46.3 Å². The minimum absolute atomic E-state index is 0.0619. The van der Waals surface area contributed by atoms with Gasteiger partial charge in [0, 0.05) is 12.8 Å². The largest absolute Gasteiger partial charge is 0.462 e. The summed E-state index contributed by atoms with van der Waals surface area (Å²) in [4.78, 5) is 12.9. The van der Waals surface area contributed by atoms with Gasteiger partial charge in [0.25, 0.3) is 0 Å². The minimum Gasteiger partial charge on any atom is -0.462 e. The Hall–Kier alpha value is -1.05. The Morgan fingerprint density at radius 1 is 0.745 bits per heavy atom. The van der Waals surface area contributed by atoms with Crippen molar-refractivity contribution in [3.63, 3.8) is 0 Å². The summed E-state index contributed by atoms with van der Waals surface area (Å²) in [6.45, 7) is 15.0. The number of unbranched alkanes of at least 4 members (excludes halogenated alkanes) is 15. The highest BCUT2D eigenvalue weighted by molar-refractivity contribution is 5.69. The van der Waals surface area contributed by atoms with Gasteiger partial charge in [-0.1, -0.05) is 162 Å². The van der Waals surface area contributed by atoms with Gasteiger partial charge < -0.3 is 4.74 Å². The highest BCUT2D eigenvalue weighted by Crippen LogP contribution is 2.67. The Bertz CT molecular complexity index is 1040. The van der Waals surface area contributed by atoms with Crippen LogP contribution in [-0.2, 0) is 9.53 Å². The van der Waals surface area contributed by atoms with Crippen LogP contribution in [0.2, 0.25) is 0 Å². The van der Waals surface area contributed by atoms with E-state index < -0.39 is 0 Å². The maximum absolute atomic E-state index is 12.9. The first-order valence-corrected chi connectivity index (χ1v) is 23.2. The number of hydrogen-bond acceptors (Lipinski definition) is 2. The molecule has 0 saturated heterocycles. The molecule has 3 saturated carbocycles. The molecule has 0 heterocycles. The quantitative estimate of drug-likeness (QED) is 0.0537. The molecule has 4 aliphatic rings. The van der Waals surface area contributed by atoms with Gasteiger partial charge in [0.05, 0.1) is 0 Å². The van der Waals surface area contributed by atoms with Gasteiger partial charge >= 0.3 is 5.97 Å². The van der Waals surface area contributed by atoms with Gasteiger partial charge in [-0.25, -0.2) is 0 Å². The molecule has 2 nitrogen and oxygen atoms in total. The number of hydrogen-bond donors (Lipinski definition) is 0. The average molecular weight is 707 g/mol. The normalized spacial score (nSPS) is 31.0. The van der Waals surface area contributed by atoms with Crippen molar-refractivity contribution in [2.75, 3.05) is 0 Å². The summed E-state index contributed by atoms with van der Waals surface area (Å²) in [6.07, 6.45) is 45.4. The summed E-state index contributed by atoms with van der Waals surface area (Å²) in [5, 5.41) is 0. The zero-order valence-electron chi connectivity index (χ0n) is 35.1. The number of allylic oxidation sites excluding steroid dienone is 3. The van der Waals surface area contributed by atoms with Crippen molar-refractivity contribution in [3.8, 4) is 0 Å². The number of carbonyl (C=O) groups excluding carboxylic acids is 1. The van der Waals surface area contributed by atoms with Crippen LogP contribution >= 0.6 is 0 Å². The predicted octanol–water partition coefficient (Wildman–Crippen LogP) is 15.5. The lowest BCUT2D eigenvalue weighted by atomic mass is 9.47. The Labute approximate surface area is 318 Å². The van der Waals surface area contributed by atoms with Crippen LogP contribution in [0.1, 0.15) is 228 Å². The van der Waals surface area contributed by atoms with Crippen LogP contribution in [0.3, 0.4) is 0 Å². The van der Waals surface area contributed by atoms with E-state index in [1.54, 1.807) is 5.57 Å². The maximum atomic E-state index is 12.9. The SMILES string of the molecule is CCCCCCCCC=CCCCCCCCCCCCC(=O)O[C@H]1CC[C@@]2(C)C(=CC[C@H]3[C@H]4CC[C@@H]([C@H](C)CCCC(C)C)[C@@]4(C)CC[C@H]32)C1. The third kappa shape index (κ3) is 12.8. The Morgan fingerprint density at radius 2 is 1.37 bits per heavy atom. The monoisotopic (exact) mass is 707 g/mol. The molecule has 8 atom stereocenters. The fraction of sp³-hybridized carbons (Fsp3) is 0.898. The van der Waals surface area contributed by atoms with Crippen LogP contribution in [0.5, 0.6) is 0 Å². The molecule has 51 heavy (non-hydrogen) atoms. The van der Waals surface area contributed by atoms with Gasteiger partial charge in [0.2, 0.25) is 0 Å². The molecule has 0 aromatic heterocycles. The summed E-state index contributed by atoms with van der Waals surface area (Å²) in [5.41, 5.74) is 2.53. The van der Waals surface area contributed by atoms with Crippen LogP contribution < -0.4 is 0 Å². The zero-order valence-corrected chi connectivity index (χ0v) is 35.1. The van der Waals surface area contributed by atoms with E-state index in [1.807, 2.05) is 0 Å². The molecule has 4 aliphatic carbocycles. The second-order valence-corrected chi connectivity index (χ2v) is 19.4. The van der Waals surface area contributed by atoms with Crippen LogP contribution in [0.25, 0.3) is 0 Å². The lowest BCUT2D eigenvalue weighted by Crippen LogP contribution is -2.51. The third-order valence-electron chi connectivity index (χ3n) is 15.2. The van der Waals surface area contributed by atoms with Crippen molar-refractivity contribution in [3.05, 3.63) is 23.8 Å². The standard InChI is InChI=1S/C49H86O2/c1-7-8-9-10-11-12-13-14-15-16-17-18-19-20-21-22-23-24-25-29-47(50)51-42-34-36-48(5)41(38-42)30-31-43-45-33-32-44(40(4)28-26-27-39(2)3)49(45,6)37-35-46(43)48/h14-15,30,39-40,42-46H,7-13,16-29,31-38H2,1-6H3/t40-,42+,43+,44+,45-,46-,48+,49-/m1/s1. The Balaban J connectivity index is 1.04. The molecule has 0 spiro atoms. The molecule has 0 aromatic rings. The molecule has 0 aromatic carbocycles. The average Bonchev–Trinajstić information content (AvgIpc) is 3.46. The molecule has 3 fully saturated rings. The highest BCUT2D eigenvalue weighted by Gasteiger charge is 2.59. The molecule has 294 valence electrons. The number of ether oxygens (including phenoxy) is 1. The van der Waals surface area contributed by atoms with E-state index in [1.165, 1.54) is 161 Å². The first-order chi connectivity index (χ1) is 24.7. The smallest absolute Gasteiger partial charge is 0.306 e. The molecule has 2 heteroatoms. The summed E-state index contributed by atoms with van der Waals surface area (Å²) in [7, 11) is 0. The van der Waals surface area contributed by atoms with Crippen molar-refractivity contribution in [2.45, 2.75) is 234 Å². The summed E-state index contributed by atoms with van der Waals surface area (Å²) < 4.78 is 6.15. The van der Waals surface area contributed by atoms with Crippen molar-refractivity contribution in [1.82, 2.24) is 0 Å². The fourth-order valence-corrected chi connectivity index (χ4v) is 12.0. The van der Waals surface area contributed by atoms with E-state index in [9.17, 15) is 4.79 Å². The number of carbonyl (C=O) groups is 1. The van der Waals surface area contributed by atoms with Crippen molar-refractivity contribution in [2.24, 2.45) is 46.3 Å². The van der Waals surface area contributed by atoms with E-state index in [-0.39, 0.29) is 12.1 Å². The van der Waals surface area contributed by atoms with Crippen LogP contribution in [0.4, 0.5) is 0 Å². The number of fused-ring (bicyclic) bond motifs is 5. The topological polar surface area (TPSA) is 26.3 Å². The molecule has 0 bridgehead atoms. The first-order valence-electron chi connectivity index (χ1n) is 23.2. The molecule has 0 aliphatic heterocycles. The molecule has 0 radical (unpaired) electrons. The van der Waals surface area contributed by atoms with Crippen molar-refractivity contribution >= 4 is 5.97 Å². The predicted molar refractivity (Wildman–Crippen MR) is 221 cm³/mol. The van der Waals surface area contributed by atoms with E-state index in [4.69, 9.17) is 4.74 Å². The second kappa shape index (κ2) is 22.4. The fourth-order valence-electron chi connectivity index (χ4n) is 12.0. The van der Waals surface area contributed by atoms with Crippen molar-refractivity contribution in [1.29, 1.82) is 0 Å². The molecule has 0 N–H and O–H groups in total. The number of esters is 1. The van der Waals surface area contributed by atoms with Crippen LogP contribution in [-0.4, -0.2) is 12.1 Å². The zero-order chi connectivity index (χ0) is 36.5. The highest BCUT2D eigenvalue weighted by atomic mass is 16.5. The maximum Gasteiger partial charge on any atom is 0.306 e. The van der Waals surface area contributed by atoms with Crippen LogP contribution in [0.15, 0.2) is 23.8 Å². The van der Waals surface area contributed by atoms with E-state index in [0.717, 1.165) is 54.8 Å². The van der Waals surface area contributed by atoms with E-state index in [0.29, 0.717) is 17.3 Å². The summed E-state index contributed by atoms with van der Waals surface area (Å²) in [5.74, 6) is 5.32. The van der Waals surface area contributed by atoms with Gasteiger partial charge in [-0.2, -0.15) is 0 Å². The Morgan fingerprint density at radius 3 is 2.02 bits per heavy atom. The third-order valence-corrected chi connectivity index (χ3v) is 15.2. The number of rotatable bonds is 25. The van der Waals surface area contributed by atoms with Gasteiger partial charge in [-0.05, 0) is 123 Å². The minimum atomic E-state index is 0.0619. The van der Waals surface area contributed by atoms with Gasteiger partial charge in [-0.15, -0.1) is 0 Å². The first kappa shape index (κ1) is 42.7. The summed E-state index contributed by atoms with van der Waals surface area (Å²) in [6, 6.07) is 0. The molecule has 0 unspecified atom stereocenters. The second-order valence-electron chi connectivity index (χ2n) is 19.4. The van der Waals surface area contributed by atoms with Gasteiger partial charge in [0.15, 0.2) is 0 Å². The van der Waals surface area contributed by atoms with Gasteiger partial charge in [-0.3, -0.25) is 4.79 Å². The molecule has 4 rings (SSSR count). The molecular weight excluding hydrogens is 621 g/mol.